The monoisotopic (exact) mass is 455 g/mol. The van der Waals surface area contributed by atoms with E-state index in [0.717, 1.165) is 23.0 Å². The number of aromatic nitrogens is 3. The molecule has 3 heterocycles. The third-order valence-corrected chi connectivity index (χ3v) is 5.96. The van der Waals surface area contributed by atoms with E-state index < -0.39 is 11.7 Å². The minimum Gasteiger partial charge on any atom is -0.368 e. The molecule has 10 heteroatoms. The average Bonchev–Trinajstić information content (AvgIpc) is 3.20. The van der Waals surface area contributed by atoms with Gasteiger partial charge in [-0.15, -0.1) is 0 Å². The molecule has 1 amide bonds. The smallest absolute Gasteiger partial charge is 0.368 e. The Kier molecular flexibility index (Phi) is 5.07. The number of rotatable bonds is 3. The van der Waals surface area contributed by atoms with Gasteiger partial charge >= 0.3 is 6.18 Å². The number of anilines is 1. The molecule has 0 unspecified atom stereocenters. The summed E-state index contributed by atoms with van der Waals surface area (Å²) < 4.78 is 40.3. The molecule has 0 saturated carbocycles. The molecule has 4 aromatic rings. The number of alkyl halides is 3. The number of nitrogens with one attached hydrogen (secondary N) is 1. The quantitative estimate of drug-likeness (QED) is 0.515. The number of carbonyl (C=O) groups excluding carboxylic acids is 1. The van der Waals surface area contributed by atoms with Crippen LogP contribution in [0.5, 0.6) is 0 Å². The summed E-state index contributed by atoms with van der Waals surface area (Å²) in [5.74, 6) is -0.238. The maximum absolute atomic E-state index is 13.0. The van der Waals surface area contributed by atoms with Gasteiger partial charge < -0.3 is 14.8 Å². The van der Waals surface area contributed by atoms with E-state index in [1.54, 1.807) is 11.0 Å². The molecule has 33 heavy (non-hydrogen) atoms. The molecule has 2 aromatic heterocycles. The number of carbonyl (C=O) groups is 1. The summed E-state index contributed by atoms with van der Waals surface area (Å²) in [4.78, 5) is 36.6. The number of fused-ring (bicyclic) bond motifs is 3. The number of nitrogens with zero attached hydrogens (tertiary/aromatic N) is 4. The maximum atomic E-state index is 13.0. The van der Waals surface area contributed by atoms with Gasteiger partial charge in [0.1, 0.15) is 17.6 Å². The summed E-state index contributed by atoms with van der Waals surface area (Å²) in [7, 11) is 0. The molecule has 1 aliphatic heterocycles. The van der Waals surface area contributed by atoms with Gasteiger partial charge in [0, 0.05) is 42.8 Å². The zero-order valence-corrected chi connectivity index (χ0v) is 17.5. The first kappa shape index (κ1) is 21.0. The van der Waals surface area contributed by atoms with E-state index in [1.165, 1.54) is 17.0 Å². The molecule has 7 nitrogen and oxygen atoms in total. The maximum Gasteiger partial charge on any atom is 0.416 e. The number of H-pyrrole nitrogens is 1. The van der Waals surface area contributed by atoms with Crippen molar-refractivity contribution in [3.05, 3.63) is 70.8 Å². The van der Waals surface area contributed by atoms with Crippen LogP contribution < -0.4 is 10.5 Å². The third kappa shape index (κ3) is 3.92. The Morgan fingerprint density at radius 2 is 1.79 bits per heavy atom. The molecule has 0 bridgehead atoms. The van der Waals surface area contributed by atoms with Gasteiger partial charge in [-0.1, -0.05) is 24.3 Å². The van der Waals surface area contributed by atoms with Gasteiger partial charge in [0.05, 0.1) is 11.9 Å². The number of para-hydroxylation sites is 1. The second-order valence-electron chi connectivity index (χ2n) is 7.99. The number of hydrogen-bond donors (Lipinski definition) is 1. The van der Waals surface area contributed by atoms with Gasteiger partial charge in [-0.3, -0.25) is 14.2 Å². The number of benzene rings is 2. The molecule has 1 N–H and O–H groups in total. The topological polar surface area (TPSA) is 74.2 Å². The van der Waals surface area contributed by atoms with Gasteiger partial charge in [-0.2, -0.15) is 13.2 Å². The van der Waals surface area contributed by atoms with Crippen LogP contribution in [0.25, 0.3) is 21.9 Å². The molecule has 0 aliphatic carbocycles. The van der Waals surface area contributed by atoms with Crippen LogP contribution in [0.4, 0.5) is 18.9 Å². The highest BCUT2D eigenvalue weighted by Crippen LogP contribution is 2.32. The largest absolute Gasteiger partial charge is 0.416 e. The van der Waals surface area contributed by atoms with Crippen LogP contribution in [0.2, 0.25) is 0 Å². The first-order chi connectivity index (χ1) is 15.8. The lowest BCUT2D eigenvalue weighted by Crippen LogP contribution is -2.50. The van der Waals surface area contributed by atoms with Crippen molar-refractivity contribution in [1.82, 2.24) is 19.4 Å². The van der Waals surface area contributed by atoms with Gasteiger partial charge in [0.15, 0.2) is 0 Å². The second kappa shape index (κ2) is 7.95. The van der Waals surface area contributed by atoms with Gasteiger partial charge in [-0.25, -0.2) is 4.98 Å². The standard InChI is InChI=1S/C23H20F3N5O2/c24-23(25,26)15-4-3-5-16(12-15)29-8-10-30(11-9-29)19(32)13-31-14-27-20-17-6-1-2-7-18(17)28-21(20)22(31)33/h1-7,12,14,28H,8-11,13H2. The van der Waals surface area contributed by atoms with Crippen LogP contribution in [-0.2, 0) is 17.5 Å². The number of halogens is 3. The fourth-order valence-corrected chi connectivity index (χ4v) is 4.19. The molecule has 0 atom stereocenters. The molecule has 170 valence electrons. The van der Waals surface area contributed by atoms with Gasteiger partial charge in [0.2, 0.25) is 5.91 Å². The highest BCUT2D eigenvalue weighted by atomic mass is 19.4. The molecular formula is C23H20F3N5O2. The third-order valence-electron chi connectivity index (χ3n) is 5.96. The first-order valence-electron chi connectivity index (χ1n) is 10.5. The summed E-state index contributed by atoms with van der Waals surface area (Å²) in [6.45, 7) is 1.36. The SMILES string of the molecule is O=C(Cn1cnc2c([nH]c3ccccc32)c1=O)N1CCN(c2cccc(C(F)(F)F)c2)CC1. The lowest BCUT2D eigenvalue weighted by atomic mass is 10.1. The van der Waals surface area contributed by atoms with E-state index in [2.05, 4.69) is 9.97 Å². The number of hydrogen-bond acceptors (Lipinski definition) is 4. The van der Waals surface area contributed by atoms with Crippen LogP contribution in [0.15, 0.2) is 59.7 Å². The Bertz CT molecular complexity index is 1400. The average molecular weight is 455 g/mol. The van der Waals surface area contributed by atoms with Crippen molar-refractivity contribution in [2.24, 2.45) is 0 Å². The molecule has 0 radical (unpaired) electrons. The van der Waals surface area contributed by atoms with Crippen LogP contribution >= 0.6 is 0 Å². The van der Waals surface area contributed by atoms with Crippen molar-refractivity contribution in [2.45, 2.75) is 12.7 Å². The highest BCUT2D eigenvalue weighted by Gasteiger charge is 2.31. The van der Waals surface area contributed by atoms with Crippen molar-refractivity contribution in [3.8, 4) is 0 Å². The second-order valence-corrected chi connectivity index (χ2v) is 7.99. The molecule has 1 fully saturated rings. The molecule has 1 aliphatic rings. The highest BCUT2D eigenvalue weighted by molar-refractivity contribution is 6.04. The van der Waals surface area contributed by atoms with Crippen LogP contribution in [0, 0.1) is 0 Å². The Balaban J connectivity index is 1.28. The van der Waals surface area contributed by atoms with Crippen LogP contribution in [0.1, 0.15) is 5.56 Å². The summed E-state index contributed by atoms with van der Waals surface area (Å²) in [6, 6.07) is 12.6. The predicted octanol–water partition coefficient (Wildman–Crippen LogP) is 3.25. The zero-order valence-electron chi connectivity index (χ0n) is 17.5. The minimum atomic E-state index is -4.40. The van der Waals surface area contributed by atoms with Crippen molar-refractivity contribution >= 4 is 33.5 Å². The summed E-state index contributed by atoms with van der Waals surface area (Å²) in [6.07, 6.45) is -3.02. The molecule has 0 spiro atoms. The molecular weight excluding hydrogens is 435 g/mol. The van der Waals surface area contributed by atoms with E-state index >= 15 is 0 Å². The van der Waals surface area contributed by atoms with E-state index in [4.69, 9.17) is 0 Å². The zero-order chi connectivity index (χ0) is 23.2. The fraction of sp³-hybridized carbons (Fsp3) is 0.261. The molecule has 2 aromatic carbocycles. The predicted molar refractivity (Wildman–Crippen MR) is 118 cm³/mol. The van der Waals surface area contributed by atoms with E-state index in [1.807, 2.05) is 29.2 Å². The number of aromatic amines is 1. The Labute approximate surface area is 186 Å². The Morgan fingerprint density at radius 3 is 2.55 bits per heavy atom. The summed E-state index contributed by atoms with van der Waals surface area (Å²) in [5, 5.41) is 0.841. The van der Waals surface area contributed by atoms with Crippen molar-refractivity contribution in [3.63, 3.8) is 0 Å². The van der Waals surface area contributed by atoms with Crippen molar-refractivity contribution in [2.75, 3.05) is 31.1 Å². The minimum absolute atomic E-state index is 0.152. The Hall–Kier alpha value is -3.82. The van der Waals surface area contributed by atoms with Crippen molar-refractivity contribution < 1.29 is 18.0 Å². The molecule has 1 saturated heterocycles. The van der Waals surface area contributed by atoms with Gasteiger partial charge in [0.25, 0.3) is 5.56 Å². The number of piperazine rings is 1. The fourth-order valence-electron chi connectivity index (χ4n) is 4.19. The number of amides is 1. The molecule has 5 rings (SSSR count). The van der Waals surface area contributed by atoms with E-state index in [9.17, 15) is 22.8 Å². The summed E-state index contributed by atoms with van der Waals surface area (Å²) >= 11 is 0. The van der Waals surface area contributed by atoms with Crippen LogP contribution in [0.3, 0.4) is 0 Å². The van der Waals surface area contributed by atoms with Gasteiger partial charge in [-0.05, 0) is 24.3 Å². The Morgan fingerprint density at radius 1 is 1.03 bits per heavy atom. The first-order valence-corrected chi connectivity index (χ1v) is 10.5. The lowest BCUT2D eigenvalue weighted by molar-refractivity contribution is -0.137. The van der Waals surface area contributed by atoms with Crippen LogP contribution in [-0.4, -0.2) is 51.5 Å². The van der Waals surface area contributed by atoms with Crippen molar-refractivity contribution in [1.29, 1.82) is 0 Å². The normalized spacial score (nSPS) is 14.9. The van der Waals surface area contributed by atoms with E-state index in [0.29, 0.717) is 42.9 Å². The summed E-state index contributed by atoms with van der Waals surface area (Å²) in [5.41, 5.74) is 1.16. The van der Waals surface area contributed by atoms with E-state index in [-0.39, 0.29) is 18.0 Å². The lowest BCUT2D eigenvalue weighted by Gasteiger charge is -2.36.